The number of hydrogen-bond acceptors (Lipinski definition) is 5. The molecule has 2 N–H and O–H groups in total. The molecule has 0 aliphatic rings. The number of rotatable bonds is 8. The smallest absolute Gasteiger partial charge is 0.309 e. The predicted octanol–water partition coefficient (Wildman–Crippen LogP) is 2.27. The highest BCUT2D eigenvalue weighted by molar-refractivity contribution is 7.91. The Balaban J connectivity index is 1.61. The lowest BCUT2D eigenvalue weighted by atomic mass is 10.1. The van der Waals surface area contributed by atoms with Crippen LogP contribution < -0.4 is 10.6 Å². The quantitative estimate of drug-likeness (QED) is 0.538. The van der Waals surface area contributed by atoms with E-state index in [0.717, 1.165) is 5.56 Å². The number of carbonyl (C=O) groups is 2. The molecule has 0 saturated carbocycles. The summed E-state index contributed by atoms with van der Waals surface area (Å²) in [4.78, 5) is 24.3. The molecule has 0 unspecified atom stereocenters. The topological polar surface area (TPSA) is 105 Å². The van der Waals surface area contributed by atoms with Crippen LogP contribution in [0.15, 0.2) is 88.4 Å². The van der Waals surface area contributed by atoms with Gasteiger partial charge in [0.15, 0.2) is 9.84 Å². The first-order valence-corrected chi connectivity index (χ1v) is 11.0. The summed E-state index contributed by atoms with van der Waals surface area (Å²) < 4.78 is 31.3. The molecule has 0 aliphatic carbocycles. The van der Waals surface area contributed by atoms with E-state index in [1.54, 1.807) is 24.3 Å². The molecule has 0 fully saturated rings. The molecular weight excluding hydrogens is 404 g/mol. The summed E-state index contributed by atoms with van der Waals surface area (Å²) in [6, 6.07) is 20.5. The Bertz CT molecular complexity index is 1070. The molecule has 30 heavy (non-hydrogen) atoms. The molecule has 0 spiro atoms. The van der Waals surface area contributed by atoms with Crippen LogP contribution in [-0.2, 0) is 25.8 Å². The zero-order chi connectivity index (χ0) is 21.4. The Morgan fingerprint density at radius 2 is 1.47 bits per heavy atom. The minimum atomic E-state index is -3.84. The highest BCUT2D eigenvalue weighted by Gasteiger charge is 2.32. The van der Waals surface area contributed by atoms with Crippen molar-refractivity contribution in [1.82, 2.24) is 10.6 Å². The van der Waals surface area contributed by atoms with Gasteiger partial charge in [0, 0.05) is 13.1 Å². The number of nitrogens with one attached hydrogen (secondary N) is 2. The van der Waals surface area contributed by atoms with Crippen molar-refractivity contribution in [3.05, 3.63) is 90.4 Å². The molecule has 0 aliphatic heterocycles. The van der Waals surface area contributed by atoms with Crippen LogP contribution in [0.3, 0.4) is 0 Å². The third-order valence-electron chi connectivity index (χ3n) is 4.50. The van der Waals surface area contributed by atoms with Gasteiger partial charge in [-0.2, -0.15) is 0 Å². The Labute approximate surface area is 175 Å². The lowest BCUT2D eigenvalue weighted by Gasteiger charge is -2.16. The van der Waals surface area contributed by atoms with Crippen molar-refractivity contribution in [3.63, 3.8) is 0 Å². The van der Waals surface area contributed by atoms with Gasteiger partial charge in [-0.05, 0) is 36.2 Å². The zero-order valence-corrected chi connectivity index (χ0v) is 17.0. The summed E-state index contributed by atoms with van der Waals surface area (Å²) in [7, 11) is -3.84. The van der Waals surface area contributed by atoms with Gasteiger partial charge in [-0.15, -0.1) is 0 Å². The molecule has 2 aromatic carbocycles. The fraction of sp³-hybridized carbons (Fsp3) is 0.182. The summed E-state index contributed by atoms with van der Waals surface area (Å²) in [5, 5.41) is 3.78. The summed E-state index contributed by atoms with van der Waals surface area (Å²) in [5.41, 5.74) is 1.03. The number of benzene rings is 2. The van der Waals surface area contributed by atoms with Gasteiger partial charge in [-0.25, -0.2) is 8.42 Å². The minimum Gasteiger partial charge on any atom is -0.468 e. The van der Waals surface area contributed by atoms with Crippen LogP contribution >= 0.6 is 0 Å². The van der Waals surface area contributed by atoms with Crippen molar-refractivity contribution in [2.45, 2.75) is 16.6 Å². The van der Waals surface area contributed by atoms with E-state index < -0.39 is 26.9 Å². The van der Waals surface area contributed by atoms with Gasteiger partial charge in [0.25, 0.3) is 0 Å². The highest BCUT2D eigenvalue weighted by atomic mass is 32.2. The average Bonchev–Trinajstić information content (AvgIpc) is 3.29. The van der Waals surface area contributed by atoms with Gasteiger partial charge in [0.1, 0.15) is 11.0 Å². The van der Waals surface area contributed by atoms with Crippen LogP contribution in [0, 0.1) is 0 Å². The second kappa shape index (κ2) is 9.89. The highest BCUT2D eigenvalue weighted by Crippen LogP contribution is 2.28. The molecule has 8 heteroatoms. The van der Waals surface area contributed by atoms with Crippen molar-refractivity contribution in [2.24, 2.45) is 0 Å². The molecule has 3 aromatic rings. The summed E-state index contributed by atoms with van der Waals surface area (Å²) in [6.45, 7) is -0.00409. The van der Waals surface area contributed by atoms with Crippen LogP contribution in [-0.4, -0.2) is 33.3 Å². The average molecular weight is 426 g/mol. The maximum atomic E-state index is 13.0. The van der Waals surface area contributed by atoms with Gasteiger partial charge < -0.3 is 15.1 Å². The standard InChI is InChI=1S/C22H22N2O5S/c25-21(23-14-13-17-8-3-1-4-9-17)22(26)24-16-20(19-12-7-15-29-19)30(27,28)18-10-5-2-6-11-18/h1-12,15,20H,13-14,16H2,(H,23,25)(H,24,26)/t20-/m0/s1. The molecule has 0 bridgehead atoms. The molecule has 1 heterocycles. The third kappa shape index (κ3) is 5.36. The van der Waals surface area contributed by atoms with Crippen molar-refractivity contribution in [3.8, 4) is 0 Å². The fourth-order valence-corrected chi connectivity index (χ4v) is 4.53. The second-order valence-electron chi connectivity index (χ2n) is 6.56. The number of furan rings is 1. The predicted molar refractivity (Wildman–Crippen MR) is 111 cm³/mol. The molecule has 7 nitrogen and oxygen atoms in total. The number of hydrogen-bond donors (Lipinski definition) is 2. The van der Waals surface area contributed by atoms with E-state index in [0.29, 0.717) is 13.0 Å². The lowest BCUT2D eigenvalue weighted by Crippen LogP contribution is -2.42. The molecule has 1 aromatic heterocycles. The van der Waals surface area contributed by atoms with Gasteiger partial charge in [0.2, 0.25) is 0 Å². The molecule has 1 atom stereocenters. The fourth-order valence-electron chi connectivity index (χ4n) is 2.92. The SMILES string of the molecule is O=C(NCCc1ccccc1)C(=O)NC[C@@H](c1ccco1)S(=O)(=O)c1ccccc1. The van der Waals surface area contributed by atoms with Crippen LogP contribution in [0.4, 0.5) is 0 Å². The first-order valence-electron chi connectivity index (χ1n) is 9.41. The van der Waals surface area contributed by atoms with Crippen molar-refractivity contribution >= 4 is 21.7 Å². The van der Waals surface area contributed by atoms with Gasteiger partial charge >= 0.3 is 11.8 Å². The molecule has 0 saturated heterocycles. The van der Waals surface area contributed by atoms with Crippen LogP contribution in [0.2, 0.25) is 0 Å². The Hall–Kier alpha value is -3.39. The lowest BCUT2D eigenvalue weighted by molar-refractivity contribution is -0.139. The largest absolute Gasteiger partial charge is 0.468 e. The monoisotopic (exact) mass is 426 g/mol. The Morgan fingerprint density at radius 3 is 2.10 bits per heavy atom. The van der Waals surface area contributed by atoms with Gasteiger partial charge in [0.05, 0.1) is 11.2 Å². The van der Waals surface area contributed by atoms with E-state index in [-0.39, 0.29) is 17.2 Å². The Morgan fingerprint density at radius 1 is 0.833 bits per heavy atom. The maximum absolute atomic E-state index is 13.0. The molecular formula is C22H22N2O5S. The second-order valence-corrected chi connectivity index (χ2v) is 8.69. The van der Waals surface area contributed by atoms with Gasteiger partial charge in [-0.3, -0.25) is 9.59 Å². The maximum Gasteiger partial charge on any atom is 0.309 e. The zero-order valence-electron chi connectivity index (χ0n) is 16.2. The molecule has 156 valence electrons. The summed E-state index contributed by atoms with van der Waals surface area (Å²) in [6.07, 6.45) is 1.94. The number of carbonyl (C=O) groups excluding carboxylic acids is 2. The van der Waals surface area contributed by atoms with Crippen molar-refractivity contribution < 1.29 is 22.4 Å². The van der Waals surface area contributed by atoms with Gasteiger partial charge in [-0.1, -0.05) is 48.5 Å². The molecule has 0 radical (unpaired) electrons. The van der Waals surface area contributed by atoms with Crippen molar-refractivity contribution in [1.29, 1.82) is 0 Å². The van der Waals surface area contributed by atoms with E-state index >= 15 is 0 Å². The summed E-state index contributed by atoms with van der Waals surface area (Å²) >= 11 is 0. The summed E-state index contributed by atoms with van der Waals surface area (Å²) in [5.74, 6) is -1.53. The minimum absolute atomic E-state index is 0.105. The normalized spacial score (nSPS) is 12.1. The van der Waals surface area contributed by atoms with E-state index in [1.165, 1.54) is 24.5 Å². The Kier molecular flexibility index (Phi) is 7.03. The number of amides is 2. The van der Waals surface area contributed by atoms with Crippen LogP contribution in [0.25, 0.3) is 0 Å². The first kappa shape index (κ1) is 21.3. The van der Waals surface area contributed by atoms with E-state index in [4.69, 9.17) is 4.42 Å². The van der Waals surface area contributed by atoms with E-state index in [2.05, 4.69) is 10.6 Å². The van der Waals surface area contributed by atoms with Crippen molar-refractivity contribution in [2.75, 3.05) is 13.1 Å². The van der Waals surface area contributed by atoms with E-state index in [9.17, 15) is 18.0 Å². The van der Waals surface area contributed by atoms with E-state index in [1.807, 2.05) is 30.3 Å². The first-order chi connectivity index (χ1) is 14.5. The van der Waals surface area contributed by atoms with Crippen LogP contribution in [0.5, 0.6) is 0 Å². The number of sulfone groups is 1. The van der Waals surface area contributed by atoms with Crippen LogP contribution in [0.1, 0.15) is 16.6 Å². The third-order valence-corrected chi connectivity index (χ3v) is 6.58. The molecule has 3 rings (SSSR count). The molecule has 2 amide bonds.